The molecule has 2 rings (SSSR count). The minimum Gasteiger partial charge on any atom is -0.465 e. The summed E-state index contributed by atoms with van der Waals surface area (Å²) < 4.78 is 4.73. The minimum absolute atomic E-state index is 0.229. The number of methoxy groups -OCH3 is 1. The first kappa shape index (κ1) is 21.1. The van der Waals surface area contributed by atoms with Crippen molar-refractivity contribution in [2.45, 2.75) is 20.3 Å². The number of amides is 2. The number of aromatic nitrogens is 1. The van der Waals surface area contributed by atoms with Crippen LogP contribution in [0.3, 0.4) is 0 Å². The van der Waals surface area contributed by atoms with Crippen molar-refractivity contribution in [3.05, 3.63) is 59.9 Å². The molecule has 1 N–H and O–H groups in total. The van der Waals surface area contributed by atoms with Gasteiger partial charge in [0.1, 0.15) is 5.41 Å². The van der Waals surface area contributed by atoms with E-state index in [0.29, 0.717) is 18.7 Å². The predicted octanol–water partition coefficient (Wildman–Crippen LogP) is 2.53. The van der Waals surface area contributed by atoms with Gasteiger partial charge < -0.3 is 15.0 Å². The molecule has 7 nitrogen and oxygen atoms in total. The zero-order chi connectivity index (χ0) is 20.7. The Morgan fingerprint density at radius 1 is 1.11 bits per heavy atom. The maximum Gasteiger partial charge on any atom is 0.339 e. The third kappa shape index (κ3) is 4.94. The fraction of sp³-hybridized carbons (Fsp3) is 0.333. The molecular weight excluding hydrogens is 358 g/mol. The highest BCUT2D eigenvalue weighted by Gasteiger charge is 2.38. The fourth-order valence-corrected chi connectivity index (χ4v) is 2.68. The normalized spacial score (nSPS) is 10.9. The van der Waals surface area contributed by atoms with Crippen LogP contribution in [0, 0.1) is 5.41 Å². The Hall–Kier alpha value is -3.22. The summed E-state index contributed by atoms with van der Waals surface area (Å²) in [4.78, 5) is 43.0. The number of ether oxygens (including phenoxy) is 1. The maximum atomic E-state index is 12.9. The maximum absolute atomic E-state index is 12.9. The minimum atomic E-state index is -1.31. The smallest absolute Gasteiger partial charge is 0.339 e. The Morgan fingerprint density at radius 2 is 1.75 bits per heavy atom. The first-order valence-electron chi connectivity index (χ1n) is 8.90. The number of likely N-dealkylation sites (N-methyl/N-ethyl adjacent to an activating group) is 1. The van der Waals surface area contributed by atoms with Gasteiger partial charge in [0.25, 0.3) is 0 Å². The number of para-hydroxylation sites is 1. The van der Waals surface area contributed by atoms with E-state index in [9.17, 15) is 14.4 Å². The van der Waals surface area contributed by atoms with Crippen LogP contribution in [0.15, 0.2) is 48.8 Å². The molecule has 1 aromatic carbocycles. The van der Waals surface area contributed by atoms with Crippen LogP contribution in [-0.4, -0.2) is 48.4 Å². The Morgan fingerprint density at radius 3 is 2.39 bits per heavy atom. The molecule has 148 valence electrons. The number of anilines is 1. The Balaban J connectivity index is 2.07. The van der Waals surface area contributed by atoms with E-state index in [0.717, 1.165) is 5.56 Å². The predicted molar refractivity (Wildman–Crippen MR) is 106 cm³/mol. The molecule has 0 bridgehead atoms. The Labute approximate surface area is 164 Å². The summed E-state index contributed by atoms with van der Waals surface area (Å²) in [5.41, 5.74) is 0.284. The molecule has 7 heteroatoms. The molecule has 0 spiro atoms. The van der Waals surface area contributed by atoms with Crippen LogP contribution in [0.2, 0.25) is 0 Å². The lowest BCUT2D eigenvalue weighted by Crippen LogP contribution is -2.46. The molecule has 0 aliphatic carbocycles. The van der Waals surface area contributed by atoms with Crippen molar-refractivity contribution in [2.24, 2.45) is 5.41 Å². The molecule has 1 heterocycles. The van der Waals surface area contributed by atoms with Crippen LogP contribution >= 0.6 is 0 Å². The summed E-state index contributed by atoms with van der Waals surface area (Å²) in [6.45, 7) is 3.60. The lowest BCUT2D eigenvalue weighted by atomic mass is 9.90. The van der Waals surface area contributed by atoms with Crippen LogP contribution in [0.1, 0.15) is 29.8 Å². The van der Waals surface area contributed by atoms with Crippen LogP contribution in [0.25, 0.3) is 0 Å². The third-order valence-electron chi connectivity index (χ3n) is 4.51. The van der Waals surface area contributed by atoms with Gasteiger partial charge in [-0.2, -0.15) is 0 Å². The van der Waals surface area contributed by atoms with E-state index in [-0.39, 0.29) is 11.5 Å². The SMILES string of the molecule is COC(=O)c1ccccc1NC(=O)C(C)(C)C(=O)N(C)CCc1ccncc1. The molecule has 0 saturated heterocycles. The Bertz CT molecular complexity index is 850. The molecule has 0 aliphatic heterocycles. The third-order valence-corrected chi connectivity index (χ3v) is 4.51. The first-order chi connectivity index (χ1) is 13.3. The van der Waals surface area contributed by atoms with E-state index in [2.05, 4.69) is 10.3 Å². The standard InChI is InChI=1S/C21H25N3O4/c1-21(2,20(27)24(3)14-11-15-9-12-22-13-10-15)19(26)23-17-8-6-5-7-16(17)18(25)28-4/h5-10,12-13H,11,14H2,1-4H3,(H,23,26). The number of pyridine rings is 1. The van der Waals surface area contributed by atoms with Crippen molar-refractivity contribution >= 4 is 23.5 Å². The molecule has 2 aromatic rings. The van der Waals surface area contributed by atoms with Crippen molar-refractivity contribution in [2.75, 3.05) is 26.0 Å². The van der Waals surface area contributed by atoms with Crippen molar-refractivity contribution in [3.8, 4) is 0 Å². The zero-order valence-electron chi connectivity index (χ0n) is 16.6. The summed E-state index contributed by atoms with van der Waals surface area (Å²) in [6.07, 6.45) is 4.06. The van der Waals surface area contributed by atoms with E-state index >= 15 is 0 Å². The second-order valence-corrected chi connectivity index (χ2v) is 6.95. The summed E-state index contributed by atoms with van der Waals surface area (Å²) >= 11 is 0. The van der Waals surface area contributed by atoms with Gasteiger partial charge in [-0.15, -0.1) is 0 Å². The average Bonchev–Trinajstić information content (AvgIpc) is 2.71. The fourth-order valence-electron chi connectivity index (χ4n) is 2.68. The molecule has 0 unspecified atom stereocenters. The largest absolute Gasteiger partial charge is 0.465 e. The summed E-state index contributed by atoms with van der Waals surface area (Å²) in [6, 6.07) is 10.3. The lowest BCUT2D eigenvalue weighted by Gasteiger charge is -2.28. The molecule has 2 amide bonds. The van der Waals surface area contributed by atoms with Gasteiger partial charge in [-0.05, 0) is 50.1 Å². The zero-order valence-corrected chi connectivity index (χ0v) is 16.6. The van der Waals surface area contributed by atoms with E-state index in [4.69, 9.17) is 4.74 Å². The van der Waals surface area contributed by atoms with Gasteiger partial charge >= 0.3 is 5.97 Å². The molecule has 0 fully saturated rings. The molecule has 0 saturated carbocycles. The number of hydrogen-bond acceptors (Lipinski definition) is 5. The van der Waals surface area contributed by atoms with Crippen LogP contribution in [-0.2, 0) is 20.7 Å². The van der Waals surface area contributed by atoms with Gasteiger partial charge in [-0.1, -0.05) is 12.1 Å². The van der Waals surface area contributed by atoms with Gasteiger partial charge in [-0.25, -0.2) is 4.79 Å². The average molecular weight is 383 g/mol. The van der Waals surface area contributed by atoms with Crippen molar-refractivity contribution < 1.29 is 19.1 Å². The van der Waals surface area contributed by atoms with Crippen molar-refractivity contribution in [3.63, 3.8) is 0 Å². The molecular formula is C21H25N3O4. The van der Waals surface area contributed by atoms with E-state index in [1.54, 1.807) is 57.6 Å². The van der Waals surface area contributed by atoms with Gasteiger partial charge in [0.05, 0.1) is 18.4 Å². The number of nitrogens with one attached hydrogen (secondary N) is 1. The van der Waals surface area contributed by atoms with Gasteiger partial charge in [0.15, 0.2) is 0 Å². The highest BCUT2D eigenvalue weighted by Crippen LogP contribution is 2.24. The summed E-state index contributed by atoms with van der Waals surface area (Å²) in [5, 5.41) is 2.68. The number of carbonyl (C=O) groups is 3. The van der Waals surface area contributed by atoms with Gasteiger partial charge in [0.2, 0.25) is 11.8 Å². The summed E-state index contributed by atoms with van der Waals surface area (Å²) in [5.74, 6) is -1.37. The molecule has 0 radical (unpaired) electrons. The van der Waals surface area contributed by atoms with E-state index in [1.165, 1.54) is 12.0 Å². The number of esters is 1. The number of benzene rings is 1. The molecule has 0 aliphatic rings. The van der Waals surface area contributed by atoms with Gasteiger partial charge in [0, 0.05) is 26.0 Å². The van der Waals surface area contributed by atoms with Crippen LogP contribution in [0.5, 0.6) is 0 Å². The first-order valence-corrected chi connectivity index (χ1v) is 8.90. The number of carbonyl (C=O) groups excluding carboxylic acids is 3. The van der Waals surface area contributed by atoms with E-state index in [1.807, 2.05) is 12.1 Å². The monoisotopic (exact) mass is 383 g/mol. The number of rotatable bonds is 7. The van der Waals surface area contributed by atoms with Crippen LogP contribution < -0.4 is 5.32 Å². The molecule has 0 atom stereocenters. The Kier molecular flexibility index (Phi) is 6.87. The second-order valence-electron chi connectivity index (χ2n) is 6.95. The topological polar surface area (TPSA) is 88.6 Å². The lowest BCUT2D eigenvalue weighted by molar-refractivity contribution is -0.145. The quantitative estimate of drug-likeness (QED) is 0.586. The summed E-state index contributed by atoms with van der Waals surface area (Å²) in [7, 11) is 2.94. The highest BCUT2D eigenvalue weighted by molar-refractivity contribution is 6.11. The van der Waals surface area contributed by atoms with Gasteiger partial charge in [-0.3, -0.25) is 14.6 Å². The second kappa shape index (κ2) is 9.12. The van der Waals surface area contributed by atoms with Crippen molar-refractivity contribution in [1.29, 1.82) is 0 Å². The van der Waals surface area contributed by atoms with E-state index < -0.39 is 17.3 Å². The highest BCUT2D eigenvalue weighted by atomic mass is 16.5. The van der Waals surface area contributed by atoms with Crippen LogP contribution in [0.4, 0.5) is 5.69 Å². The molecule has 1 aromatic heterocycles. The van der Waals surface area contributed by atoms with Crippen molar-refractivity contribution in [1.82, 2.24) is 9.88 Å². The number of nitrogens with zero attached hydrogens (tertiary/aromatic N) is 2. The number of hydrogen-bond donors (Lipinski definition) is 1. The molecule has 28 heavy (non-hydrogen) atoms.